The van der Waals surface area contributed by atoms with E-state index in [9.17, 15) is 14.4 Å². The van der Waals surface area contributed by atoms with Crippen LogP contribution in [-0.4, -0.2) is 59.0 Å². The van der Waals surface area contributed by atoms with Gasteiger partial charge in [-0.3, -0.25) is 19.9 Å². The number of carbonyl (C=O) groups excluding carboxylic acids is 3. The predicted molar refractivity (Wildman–Crippen MR) is 155 cm³/mol. The van der Waals surface area contributed by atoms with Crippen molar-refractivity contribution in [3.8, 4) is 45.9 Å². The Morgan fingerprint density at radius 1 is 1.00 bits per heavy atom. The molecule has 6 rings (SSSR count). The molecule has 2 aliphatic rings. The Labute approximate surface area is 246 Å². The zero-order chi connectivity index (χ0) is 30.0. The van der Waals surface area contributed by atoms with Crippen LogP contribution in [0.15, 0.2) is 79.1 Å². The number of fused-ring (bicyclic) bond motifs is 1. The van der Waals surface area contributed by atoms with Crippen LogP contribution in [0.25, 0.3) is 22.5 Å². The van der Waals surface area contributed by atoms with Gasteiger partial charge in [0.25, 0.3) is 11.8 Å². The van der Waals surface area contributed by atoms with Gasteiger partial charge in [0, 0.05) is 41.2 Å². The number of carbonyl (C=O) groups is 3. The smallest absolute Gasteiger partial charge is 0.323 e. The molecule has 0 saturated carbocycles. The topological polar surface area (TPSA) is 132 Å². The Morgan fingerprint density at radius 2 is 1.84 bits per heavy atom. The van der Waals surface area contributed by atoms with E-state index in [-0.39, 0.29) is 19.0 Å². The average molecular weight is 576 g/mol. The Morgan fingerprint density at radius 3 is 2.53 bits per heavy atom. The fraction of sp³-hybridized carbons (Fsp3) is 0.156. The van der Waals surface area contributed by atoms with Crippen molar-refractivity contribution in [2.24, 2.45) is 0 Å². The van der Waals surface area contributed by atoms with Crippen molar-refractivity contribution in [2.75, 3.05) is 20.8 Å². The molecule has 0 spiro atoms. The van der Waals surface area contributed by atoms with Crippen LogP contribution in [-0.2, 0) is 16.2 Å². The van der Waals surface area contributed by atoms with Gasteiger partial charge in [-0.25, -0.2) is 9.78 Å². The summed E-state index contributed by atoms with van der Waals surface area (Å²) in [6.07, 6.45) is 3.41. The van der Waals surface area contributed by atoms with E-state index in [0.717, 1.165) is 16.7 Å². The van der Waals surface area contributed by atoms with E-state index in [1.807, 2.05) is 36.4 Å². The molecule has 4 amide bonds. The molecule has 2 N–H and O–H groups in total. The van der Waals surface area contributed by atoms with Crippen molar-refractivity contribution in [1.82, 2.24) is 25.5 Å². The molecular formula is C32H25N5O6. The van der Waals surface area contributed by atoms with Gasteiger partial charge in [0.1, 0.15) is 11.4 Å². The molecule has 214 valence electrons. The summed E-state index contributed by atoms with van der Waals surface area (Å²) in [6.45, 7) is 0.144. The fourth-order valence-electron chi connectivity index (χ4n) is 4.99. The van der Waals surface area contributed by atoms with Gasteiger partial charge >= 0.3 is 6.03 Å². The lowest BCUT2D eigenvalue weighted by Crippen LogP contribution is -2.54. The molecule has 11 nitrogen and oxygen atoms in total. The fourth-order valence-corrected chi connectivity index (χ4v) is 4.99. The summed E-state index contributed by atoms with van der Waals surface area (Å²) in [7, 11) is 2.94. The van der Waals surface area contributed by atoms with E-state index in [1.54, 1.807) is 42.7 Å². The monoisotopic (exact) mass is 575 g/mol. The van der Waals surface area contributed by atoms with Gasteiger partial charge in [0.15, 0.2) is 5.75 Å². The number of nitrogens with one attached hydrogen (secondary N) is 2. The maximum atomic E-state index is 13.2. The van der Waals surface area contributed by atoms with E-state index >= 15 is 0 Å². The highest BCUT2D eigenvalue weighted by atomic mass is 17.2. The number of methoxy groups -OCH3 is 1. The third-order valence-electron chi connectivity index (χ3n) is 7.13. The number of benzene rings is 2. The molecule has 43 heavy (non-hydrogen) atoms. The molecule has 1 saturated heterocycles. The summed E-state index contributed by atoms with van der Waals surface area (Å²) in [5, 5.41) is 4.88. The highest BCUT2D eigenvalue weighted by Crippen LogP contribution is 2.32. The minimum Gasteiger partial charge on any atom is -0.497 e. The number of ether oxygens (including phenoxy) is 1. The first-order valence-electron chi connectivity index (χ1n) is 13.2. The van der Waals surface area contributed by atoms with Crippen molar-refractivity contribution >= 4 is 17.8 Å². The largest absolute Gasteiger partial charge is 0.497 e. The van der Waals surface area contributed by atoms with E-state index in [2.05, 4.69) is 27.5 Å². The second-order valence-corrected chi connectivity index (χ2v) is 9.86. The van der Waals surface area contributed by atoms with E-state index in [0.29, 0.717) is 34.0 Å². The third kappa shape index (κ3) is 5.35. The third-order valence-corrected chi connectivity index (χ3v) is 7.13. The molecule has 1 atom stereocenters. The molecule has 11 heteroatoms. The number of nitrogens with zero attached hydrogens (tertiary/aromatic N) is 3. The molecule has 0 aliphatic carbocycles. The van der Waals surface area contributed by atoms with E-state index in [1.165, 1.54) is 19.1 Å². The molecule has 1 unspecified atom stereocenters. The number of urea groups is 1. The summed E-state index contributed by atoms with van der Waals surface area (Å²) in [5.41, 5.74) is 3.07. The Balaban J connectivity index is 1.28. The van der Waals surface area contributed by atoms with Crippen LogP contribution < -0.4 is 20.3 Å². The molecule has 2 aliphatic heterocycles. The maximum Gasteiger partial charge on any atom is 0.323 e. The molecule has 4 aromatic rings. The summed E-state index contributed by atoms with van der Waals surface area (Å²) in [5.74, 6) is 6.00. The SMILES string of the molecule is COOc1ccc(-c2cccnc2)nc1-c1ccc(C#CC2(CN3Cc4ccc(OC)cc4C3=O)NC(=O)NC2=O)cc1. The summed E-state index contributed by atoms with van der Waals surface area (Å²) in [4.78, 5) is 59.0. The van der Waals surface area contributed by atoms with Crippen molar-refractivity contribution in [1.29, 1.82) is 0 Å². The summed E-state index contributed by atoms with van der Waals surface area (Å²) < 4.78 is 5.24. The van der Waals surface area contributed by atoms with Gasteiger partial charge in [-0.05, 0) is 54.1 Å². The second kappa shape index (κ2) is 11.3. The molecule has 4 heterocycles. The molecular weight excluding hydrogens is 550 g/mol. The van der Waals surface area contributed by atoms with Crippen LogP contribution in [0.4, 0.5) is 4.79 Å². The lowest BCUT2D eigenvalue weighted by molar-refractivity contribution is -0.177. The standard InChI is InChI=1S/C32H25N5O6/c1-41-24-10-9-23-18-37(29(38)25(23)16-24)19-32(30(39)35-31(40)36-32)14-13-20-5-7-21(8-6-20)28-27(43-42-2)12-11-26(34-28)22-4-3-15-33-17-22/h3-12,15-17H,18-19H2,1-2H3,(H2,35,36,39,40). The summed E-state index contributed by atoms with van der Waals surface area (Å²) >= 11 is 0. The van der Waals surface area contributed by atoms with Gasteiger partial charge < -0.3 is 19.8 Å². The Bertz CT molecular complexity index is 1800. The van der Waals surface area contributed by atoms with Crippen molar-refractivity contribution in [2.45, 2.75) is 12.1 Å². The lowest BCUT2D eigenvalue weighted by Gasteiger charge is -2.26. The molecule has 0 radical (unpaired) electrons. The number of pyridine rings is 2. The molecule has 0 bridgehead atoms. The maximum absolute atomic E-state index is 13.2. The average Bonchev–Trinajstić information content (AvgIpc) is 3.50. The van der Waals surface area contributed by atoms with Crippen LogP contribution in [0.1, 0.15) is 21.5 Å². The number of rotatable bonds is 7. The quantitative estimate of drug-likeness (QED) is 0.148. The second-order valence-electron chi connectivity index (χ2n) is 9.86. The first-order valence-corrected chi connectivity index (χ1v) is 13.2. The Kier molecular flexibility index (Phi) is 7.19. The summed E-state index contributed by atoms with van der Waals surface area (Å²) in [6, 6.07) is 19.1. The number of hydrogen-bond donors (Lipinski definition) is 2. The van der Waals surface area contributed by atoms with Crippen molar-refractivity contribution in [3.63, 3.8) is 0 Å². The van der Waals surface area contributed by atoms with Gasteiger partial charge in [-0.15, -0.1) is 0 Å². The molecule has 1 fully saturated rings. The van der Waals surface area contributed by atoms with Crippen LogP contribution >= 0.6 is 0 Å². The zero-order valence-corrected chi connectivity index (χ0v) is 23.2. The van der Waals surface area contributed by atoms with E-state index < -0.39 is 17.5 Å². The van der Waals surface area contributed by atoms with Gasteiger partial charge in [0.2, 0.25) is 5.54 Å². The number of imide groups is 1. The van der Waals surface area contributed by atoms with Crippen LogP contribution in [0.2, 0.25) is 0 Å². The minimum atomic E-state index is -1.63. The van der Waals surface area contributed by atoms with Gasteiger partial charge in [-0.1, -0.05) is 30.0 Å². The van der Waals surface area contributed by atoms with Crippen LogP contribution in [0.5, 0.6) is 11.5 Å². The first kappa shape index (κ1) is 27.4. The zero-order valence-electron chi connectivity index (χ0n) is 23.2. The normalized spacial score (nSPS) is 17.1. The number of amides is 4. The van der Waals surface area contributed by atoms with Gasteiger partial charge in [0.05, 0.1) is 26.5 Å². The molecule has 2 aromatic carbocycles. The van der Waals surface area contributed by atoms with E-state index in [4.69, 9.17) is 19.5 Å². The molecule has 2 aromatic heterocycles. The van der Waals surface area contributed by atoms with Crippen LogP contribution in [0, 0.1) is 11.8 Å². The highest BCUT2D eigenvalue weighted by molar-refractivity contribution is 6.10. The minimum absolute atomic E-state index is 0.131. The van der Waals surface area contributed by atoms with Crippen molar-refractivity contribution in [3.05, 3.63) is 95.8 Å². The van der Waals surface area contributed by atoms with Gasteiger partial charge in [-0.2, -0.15) is 4.89 Å². The highest BCUT2D eigenvalue weighted by Gasteiger charge is 2.48. The van der Waals surface area contributed by atoms with Crippen LogP contribution in [0.3, 0.4) is 0 Å². The Hall–Kier alpha value is -5.73. The van der Waals surface area contributed by atoms with Crippen molar-refractivity contribution < 1.29 is 28.9 Å². The first-order chi connectivity index (χ1) is 20.9. The predicted octanol–water partition coefficient (Wildman–Crippen LogP) is 3.35. The lowest BCUT2D eigenvalue weighted by atomic mass is 9.98. The number of hydrogen-bond acceptors (Lipinski definition) is 8. The number of aromatic nitrogens is 2.